The van der Waals surface area contributed by atoms with Crippen LogP contribution in [0.2, 0.25) is 0 Å². The van der Waals surface area contributed by atoms with E-state index < -0.39 is 0 Å². The molecular formula is C16H23NO3. The number of carbonyl (C=O) groups is 1. The molecule has 0 aliphatic carbocycles. The smallest absolute Gasteiger partial charge is 0.222 e. The van der Waals surface area contributed by atoms with Crippen LogP contribution >= 0.6 is 0 Å². The average Bonchev–Trinajstić information content (AvgIpc) is 2.85. The summed E-state index contributed by atoms with van der Waals surface area (Å²) in [7, 11) is 0. The summed E-state index contributed by atoms with van der Waals surface area (Å²) in [5.74, 6) is 1.88. The Morgan fingerprint density at radius 1 is 1.20 bits per heavy atom. The molecule has 4 heteroatoms. The van der Waals surface area contributed by atoms with Gasteiger partial charge in [0.15, 0.2) is 0 Å². The lowest BCUT2D eigenvalue weighted by molar-refractivity contribution is -0.128. The van der Waals surface area contributed by atoms with Crippen molar-refractivity contribution in [2.75, 3.05) is 26.3 Å². The first kappa shape index (κ1) is 14.7. The molecule has 0 aromatic heterocycles. The zero-order valence-electron chi connectivity index (χ0n) is 12.1. The van der Waals surface area contributed by atoms with Gasteiger partial charge in [-0.2, -0.15) is 0 Å². The molecule has 0 N–H and O–H groups in total. The minimum Gasteiger partial charge on any atom is -0.493 e. The number of hydrogen-bond donors (Lipinski definition) is 0. The van der Waals surface area contributed by atoms with E-state index in [1.165, 1.54) is 0 Å². The van der Waals surface area contributed by atoms with Crippen LogP contribution in [0.4, 0.5) is 0 Å². The molecule has 0 radical (unpaired) electrons. The quantitative estimate of drug-likeness (QED) is 0.686. The maximum atomic E-state index is 11.5. The van der Waals surface area contributed by atoms with Crippen molar-refractivity contribution in [1.82, 2.24) is 4.90 Å². The molecule has 0 atom stereocenters. The van der Waals surface area contributed by atoms with Crippen LogP contribution in [0.5, 0.6) is 11.5 Å². The maximum Gasteiger partial charge on any atom is 0.222 e. The van der Waals surface area contributed by atoms with Gasteiger partial charge < -0.3 is 14.4 Å². The standard InChI is InChI=1S/C16H23NO3/c1-2-3-11-19-14-6-4-7-15(13-14)20-12-10-17-9-5-8-16(17)18/h4,6-7,13H,2-3,5,8-12H2,1H3. The molecule has 1 amide bonds. The molecule has 1 fully saturated rings. The molecule has 0 spiro atoms. The van der Waals surface area contributed by atoms with E-state index in [0.29, 0.717) is 19.6 Å². The van der Waals surface area contributed by atoms with E-state index in [9.17, 15) is 4.79 Å². The fourth-order valence-electron chi connectivity index (χ4n) is 2.20. The van der Waals surface area contributed by atoms with Gasteiger partial charge in [-0.15, -0.1) is 0 Å². The van der Waals surface area contributed by atoms with Crippen molar-refractivity contribution < 1.29 is 14.3 Å². The van der Waals surface area contributed by atoms with Crippen molar-refractivity contribution in [2.24, 2.45) is 0 Å². The maximum absolute atomic E-state index is 11.5. The molecule has 1 saturated heterocycles. The second kappa shape index (κ2) is 7.78. The monoisotopic (exact) mass is 277 g/mol. The Balaban J connectivity index is 1.74. The van der Waals surface area contributed by atoms with Crippen LogP contribution in [-0.2, 0) is 4.79 Å². The first-order valence-corrected chi connectivity index (χ1v) is 7.43. The van der Waals surface area contributed by atoms with Crippen LogP contribution in [-0.4, -0.2) is 37.1 Å². The molecule has 110 valence electrons. The first-order valence-electron chi connectivity index (χ1n) is 7.43. The van der Waals surface area contributed by atoms with E-state index in [0.717, 1.165) is 43.9 Å². The molecule has 1 aliphatic heterocycles. The van der Waals surface area contributed by atoms with Crippen LogP contribution in [0.25, 0.3) is 0 Å². The third-order valence-corrected chi connectivity index (χ3v) is 3.37. The van der Waals surface area contributed by atoms with E-state index in [-0.39, 0.29) is 5.91 Å². The van der Waals surface area contributed by atoms with Gasteiger partial charge in [0.05, 0.1) is 13.2 Å². The molecule has 4 nitrogen and oxygen atoms in total. The van der Waals surface area contributed by atoms with Gasteiger partial charge >= 0.3 is 0 Å². The summed E-state index contributed by atoms with van der Waals surface area (Å²) in [6.07, 6.45) is 3.84. The molecule has 0 unspecified atom stereocenters. The Labute approximate surface area is 120 Å². The summed E-state index contributed by atoms with van der Waals surface area (Å²) >= 11 is 0. The lowest BCUT2D eigenvalue weighted by Gasteiger charge is -2.16. The molecule has 20 heavy (non-hydrogen) atoms. The van der Waals surface area contributed by atoms with Crippen LogP contribution in [0, 0.1) is 0 Å². The zero-order chi connectivity index (χ0) is 14.2. The Hall–Kier alpha value is -1.71. The van der Waals surface area contributed by atoms with Gasteiger partial charge in [-0.1, -0.05) is 19.4 Å². The normalized spacial score (nSPS) is 14.7. The molecular weight excluding hydrogens is 254 g/mol. The van der Waals surface area contributed by atoms with Crippen molar-refractivity contribution in [1.29, 1.82) is 0 Å². The van der Waals surface area contributed by atoms with E-state index in [2.05, 4.69) is 6.92 Å². The number of ether oxygens (including phenoxy) is 2. The lowest BCUT2D eigenvalue weighted by Crippen LogP contribution is -2.29. The number of hydrogen-bond acceptors (Lipinski definition) is 3. The Bertz CT molecular complexity index is 433. The Morgan fingerprint density at radius 2 is 1.95 bits per heavy atom. The van der Waals surface area contributed by atoms with Crippen molar-refractivity contribution >= 4 is 5.91 Å². The minimum atomic E-state index is 0.241. The highest BCUT2D eigenvalue weighted by molar-refractivity contribution is 5.78. The van der Waals surface area contributed by atoms with E-state index in [1.807, 2.05) is 29.2 Å². The van der Waals surface area contributed by atoms with Crippen LogP contribution in [0.3, 0.4) is 0 Å². The first-order chi connectivity index (χ1) is 9.79. The third-order valence-electron chi connectivity index (χ3n) is 3.37. The second-order valence-corrected chi connectivity index (χ2v) is 5.01. The largest absolute Gasteiger partial charge is 0.493 e. The van der Waals surface area contributed by atoms with Gasteiger partial charge in [0.25, 0.3) is 0 Å². The summed E-state index contributed by atoms with van der Waals surface area (Å²) in [6, 6.07) is 7.68. The van der Waals surface area contributed by atoms with Crippen molar-refractivity contribution in [3.63, 3.8) is 0 Å². The van der Waals surface area contributed by atoms with Crippen LogP contribution in [0.1, 0.15) is 32.6 Å². The number of benzene rings is 1. The highest BCUT2D eigenvalue weighted by Crippen LogP contribution is 2.20. The van der Waals surface area contributed by atoms with E-state index in [4.69, 9.17) is 9.47 Å². The molecule has 2 rings (SSSR count). The SMILES string of the molecule is CCCCOc1cccc(OCCN2CCCC2=O)c1. The minimum absolute atomic E-state index is 0.241. The van der Waals surface area contributed by atoms with E-state index >= 15 is 0 Å². The summed E-state index contributed by atoms with van der Waals surface area (Å²) in [5.41, 5.74) is 0. The van der Waals surface area contributed by atoms with Crippen LogP contribution in [0.15, 0.2) is 24.3 Å². The van der Waals surface area contributed by atoms with Crippen molar-refractivity contribution in [2.45, 2.75) is 32.6 Å². The van der Waals surface area contributed by atoms with Gasteiger partial charge in [-0.3, -0.25) is 4.79 Å². The summed E-state index contributed by atoms with van der Waals surface area (Å²) in [4.78, 5) is 13.3. The van der Waals surface area contributed by atoms with Gasteiger partial charge in [0.1, 0.15) is 18.1 Å². The molecule has 1 heterocycles. The summed E-state index contributed by atoms with van der Waals surface area (Å²) < 4.78 is 11.3. The highest BCUT2D eigenvalue weighted by atomic mass is 16.5. The van der Waals surface area contributed by atoms with Gasteiger partial charge in [0.2, 0.25) is 5.91 Å². The van der Waals surface area contributed by atoms with Crippen molar-refractivity contribution in [3.05, 3.63) is 24.3 Å². The number of carbonyl (C=O) groups excluding carboxylic acids is 1. The van der Waals surface area contributed by atoms with Gasteiger partial charge in [-0.25, -0.2) is 0 Å². The number of amides is 1. The zero-order valence-corrected chi connectivity index (χ0v) is 12.1. The highest BCUT2D eigenvalue weighted by Gasteiger charge is 2.19. The fraction of sp³-hybridized carbons (Fsp3) is 0.562. The Kier molecular flexibility index (Phi) is 5.71. The van der Waals surface area contributed by atoms with E-state index in [1.54, 1.807) is 0 Å². The number of likely N-dealkylation sites (tertiary alicyclic amines) is 1. The average molecular weight is 277 g/mol. The Morgan fingerprint density at radius 3 is 2.60 bits per heavy atom. The van der Waals surface area contributed by atoms with Gasteiger partial charge in [0, 0.05) is 19.0 Å². The molecule has 0 bridgehead atoms. The predicted octanol–water partition coefficient (Wildman–Crippen LogP) is 2.87. The number of rotatable bonds is 8. The topological polar surface area (TPSA) is 38.8 Å². The molecule has 0 saturated carbocycles. The molecule has 1 aromatic carbocycles. The summed E-state index contributed by atoms with van der Waals surface area (Å²) in [5, 5.41) is 0. The molecule has 1 aromatic rings. The van der Waals surface area contributed by atoms with Crippen molar-refractivity contribution in [3.8, 4) is 11.5 Å². The lowest BCUT2D eigenvalue weighted by atomic mass is 10.3. The fourth-order valence-corrected chi connectivity index (χ4v) is 2.20. The van der Waals surface area contributed by atoms with Gasteiger partial charge in [-0.05, 0) is 25.0 Å². The predicted molar refractivity (Wildman–Crippen MR) is 78.2 cm³/mol. The second-order valence-electron chi connectivity index (χ2n) is 5.01. The number of unbranched alkanes of at least 4 members (excludes halogenated alkanes) is 1. The van der Waals surface area contributed by atoms with Crippen LogP contribution < -0.4 is 9.47 Å². The summed E-state index contributed by atoms with van der Waals surface area (Å²) in [6.45, 7) is 4.94. The number of nitrogens with zero attached hydrogens (tertiary/aromatic N) is 1. The molecule has 1 aliphatic rings. The third kappa shape index (κ3) is 4.44.